The average molecular weight is 527 g/mol. The number of hydrogen-bond acceptors (Lipinski definition) is 5. The summed E-state index contributed by atoms with van der Waals surface area (Å²) in [6.45, 7) is 20.1. The maximum atomic E-state index is 9.33. The maximum Gasteiger partial charge on any atom is 0.223 e. The smallest absolute Gasteiger partial charge is 0.223 e. The third kappa shape index (κ3) is 5.55. The third-order valence-electron chi connectivity index (χ3n) is 7.07. The molecule has 0 radical (unpaired) electrons. The lowest BCUT2D eigenvalue weighted by molar-refractivity contribution is 0.0863. The Labute approximate surface area is 218 Å². The molecule has 1 aliphatic rings. The van der Waals surface area contributed by atoms with Gasteiger partial charge in [-0.1, -0.05) is 59.6 Å². The molecule has 1 atom stereocenters. The summed E-state index contributed by atoms with van der Waals surface area (Å²) in [6.07, 6.45) is 3.53. The van der Waals surface area contributed by atoms with Crippen LogP contribution >= 0.6 is 7.92 Å². The molecule has 196 valence electrons. The fourth-order valence-electron chi connectivity index (χ4n) is 5.23. The second-order valence-corrected chi connectivity index (χ2v) is 20.1. The normalized spacial score (nSPS) is 15.7. The summed E-state index contributed by atoms with van der Waals surface area (Å²) < 4.78 is 8.84. The first-order chi connectivity index (χ1) is 16.9. The molecule has 0 aliphatic heterocycles. The molecule has 0 amide bonds. The lowest BCUT2D eigenvalue weighted by Gasteiger charge is -2.33. The van der Waals surface area contributed by atoms with Gasteiger partial charge in [-0.05, 0) is 50.0 Å². The topological polar surface area (TPSA) is 72.2 Å². The van der Waals surface area contributed by atoms with Gasteiger partial charge in [0, 0.05) is 55.6 Å². The lowest BCUT2D eigenvalue weighted by atomic mass is 9.75. The summed E-state index contributed by atoms with van der Waals surface area (Å²) in [7, 11) is -1.46. The third-order valence-corrected chi connectivity index (χ3v) is 10.1. The van der Waals surface area contributed by atoms with E-state index in [9.17, 15) is 5.11 Å². The predicted octanol–water partition coefficient (Wildman–Crippen LogP) is 5.79. The molecule has 2 N–H and O–H groups in total. The molecular weight excluding hydrogens is 483 g/mol. The molecule has 1 aromatic carbocycles. The molecule has 0 saturated carbocycles. The highest BCUT2D eigenvalue weighted by atomic mass is 31.1. The fourth-order valence-corrected chi connectivity index (χ4v) is 7.03. The Bertz CT molecular complexity index is 1230. The van der Waals surface area contributed by atoms with Crippen LogP contribution in [0.25, 0.3) is 22.2 Å². The van der Waals surface area contributed by atoms with E-state index in [1.165, 1.54) is 33.0 Å². The summed E-state index contributed by atoms with van der Waals surface area (Å²) in [5, 5.41) is 15.4. The van der Waals surface area contributed by atoms with Gasteiger partial charge in [0.2, 0.25) is 5.95 Å². The molecule has 6 nitrogen and oxygen atoms in total. The molecule has 3 aromatic rings. The lowest BCUT2D eigenvalue weighted by Crippen LogP contribution is -2.30. The van der Waals surface area contributed by atoms with Crippen LogP contribution in [0.4, 0.5) is 5.95 Å². The van der Waals surface area contributed by atoms with Crippen LogP contribution in [0.1, 0.15) is 38.4 Å². The van der Waals surface area contributed by atoms with Gasteiger partial charge in [0.05, 0.1) is 11.2 Å². The van der Waals surface area contributed by atoms with Gasteiger partial charge in [-0.25, -0.2) is 9.97 Å². The van der Waals surface area contributed by atoms with Gasteiger partial charge in [0.25, 0.3) is 0 Å². The molecule has 1 aliphatic carbocycles. The first-order valence-electron chi connectivity index (χ1n) is 13.1. The molecule has 0 spiro atoms. The SMILES string of the molecule is C[C@@H](CCO)Nc1ncc2c(n1)-c1c(n(COCC[Si](C)(C)C)c3c(P(C)C)cccc13)C(C)(C)C2. The minimum Gasteiger partial charge on any atom is -0.396 e. The quantitative estimate of drug-likeness (QED) is 0.199. The number of ether oxygens (including phenoxy) is 1. The van der Waals surface area contributed by atoms with Crippen LogP contribution in [-0.4, -0.2) is 60.3 Å². The number of rotatable bonds is 10. The molecule has 0 bridgehead atoms. The molecule has 2 aromatic heterocycles. The number of aliphatic hydroxyl groups excluding tert-OH is 1. The number of aliphatic hydroxyl groups is 1. The highest BCUT2D eigenvalue weighted by Gasteiger charge is 2.38. The van der Waals surface area contributed by atoms with Crippen LogP contribution in [-0.2, 0) is 23.3 Å². The highest BCUT2D eigenvalue weighted by molar-refractivity contribution is 7.64. The Morgan fingerprint density at radius 2 is 2.00 bits per heavy atom. The van der Waals surface area contributed by atoms with Gasteiger partial charge >= 0.3 is 0 Å². The van der Waals surface area contributed by atoms with Crippen molar-refractivity contribution in [3.05, 3.63) is 35.7 Å². The number of hydrogen-bond donors (Lipinski definition) is 2. The van der Waals surface area contributed by atoms with E-state index in [2.05, 4.69) is 79.9 Å². The fraction of sp³-hybridized carbons (Fsp3) is 0.571. The largest absolute Gasteiger partial charge is 0.396 e. The van der Waals surface area contributed by atoms with Gasteiger partial charge in [-0.2, -0.15) is 0 Å². The second-order valence-electron chi connectivity index (χ2n) is 12.3. The van der Waals surface area contributed by atoms with E-state index in [4.69, 9.17) is 9.72 Å². The first kappa shape index (κ1) is 27.2. The second kappa shape index (κ2) is 10.5. The molecule has 0 unspecified atom stereocenters. The van der Waals surface area contributed by atoms with Gasteiger partial charge in [0.1, 0.15) is 6.73 Å². The van der Waals surface area contributed by atoms with Crippen molar-refractivity contribution in [1.82, 2.24) is 14.5 Å². The van der Waals surface area contributed by atoms with Crippen molar-refractivity contribution in [2.45, 2.75) is 77.5 Å². The van der Waals surface area contributed by atoms with E-state index < -0.39 is 8.07 Å². The van der Waals surface area contributed by atoms with Crippen LogP contribution in [0, 0.1) is 0 Å². The van der Waals surface area contributed by atoms with Crippen LogP contribution in [0.15, 0.2) is 24.4 Å². The van der Waals surface area contributed by atoms with Crippen molar-refractivity contribution in [3.8, 4) is 11.3 Å². The van der Waals surface area contributed by atoms with E-state index in [1.54, 1.807) is 0 Å². The van der Waals surface area contributed by atoms with Gasteiger partial charge in [-0.3, -0.25) is 0 Å². The predicted molar refractivity (Wildman–Crippen MR) is 157 cm³/mol. The highest BCUT2D eigenvalue weighted by Crippen LogP contribution is 2.48. The van der Waals surface area contributed by atoms with Crippen molar-refractivity contribution in [2.24, 2.45) is 0 Å². The zero-order chi connectivity index (χ0) is 26.3. The molecular formula is C28H43N4O2PSi. The van der Waals surface area contributed by atoms with Gasteiger partial charge < -0.3 is 19.7 Å². The number of nitrogens with one attached hydrogen (secondary N) is 1. The zero-order valence-electron chi connectivity index (χ0n) is 23.3. The van der Waals surface area contributed by atoms with Crippen LogP contribution in [0.5, 0.6) is 0 Å². The van der Waals surface area contributed by atoms with E-state index in [0.717, 1.165) is 24.8 Å². The summed E-state index contributed by atoms with van der Waals surface area (Å²) in [5.41, 5.74) is 5.98. The van der Waals surface area contributed by atoms with E-state index in [0.29, 0.717) is 19.1 Å². The van der Waals surface area contributed by atoms with Crippen molar-refractivity contribution in [1.29, 1.82) is 0 Å². The Hall–Kier alpha value is -1.79. The Balaban J connectivity index is 1.88. The van der Waals surface area contributed by atoms with Crippen molar-refractivity contribution in [2.75, 3.05) is 31.9 Å². The Morgan fingerprint density at radius 1 is 1.25 bits per heavy atom. The van der Waals surface area contributed by atoms with Crippen molar-refractivity contribution >= 4 is 38.2 Å². The maximum absolute atomic E-state index is 9.33. The summed E-state index contributed by atoms with van der Waals surface area (Å²) >= 11 is 0. The molecule has 4 rings (SSSR count). The van der Waals surface area contributed by atoms with Crippen LogP contribution in [0.2, 0.25) is 25.7 Å². The monoisotopic (exact) mass is 526 g/mol. The van der Waals surface area contributed by atoms with Crippen LogP contribution < -0.4 is 10.6 Å². The van der Waals surface area contributed by atoms with Gasteiger partial charge in [0.15, 0.2) is 0 Å². The summed E-state index contributed by atoms with van der Waals surface area (Å²) in [4.78, 5) is 9.70. The Morgan fingerprint density at radius 3 is 2.67 bits per heavy atom. The summed E-state index contributed by atoms with van der Waals surface area (Å²) in [6, 6.07) is 8.00. The number of benzene rings is 1. The summed E-state index contributed by atoms with van der Waals surface area (Å²) in [5.74, 6) is 0.622. The van der Waals surface area contributed by atoms with E-state index in [1.807, 2.05) is 13.1 Å². The molecule has 0 fully saturated rings. The standard InChI is InChI=1S/C28H43N4O2PSi/c1-19(12-13-33)30-27-29-17-20-16-28(2,3)26-23(24(20)31-27)21-10-9-11-22(35(4)5)25(21)32(26)18-34-14-15-36(6,7)8/h9-11,17,19,33H,12-16,18H2,1-8H3,(H,29,30,31)/t19-/m0/s1. The minimum atomic E-state index is -1.16. The van der Waals surface area contributed by atoms with Crippen molar-refractivity contribution in [3.63, 3.8) is 0 Å². The average Bonchev–Trinajstić information content (AvgIpc) is 3.12. The van der Waals surface area contributed by atoms with Gasteiger partial charge in [-0.15, -0.1) is 0 Å². The molecule has 8 heteroatoms. The minimum absolute atomic E-state index is 0.0759. The number of nitrogens with zero attached hydrogens (tertiary/aromatic N) is 3. The zero-order valence-corrected chi connectivity index (χ0v) is 25.2. The van der Waals surface area contributed by atoms with E-state index >= 15 is 0 Å². The number of fused-ring (bicyclic) bond motifs is 5. The molecule has 2 heterocycles. The number of para-hydroxylation sites is 1. The Kier molecular flexibility index (Phi) is 7.97. The molecule has 0 saturated heterocycles. The van der Waals surface area contributed by atoms with E-state index in [-0.39, 0.29) is 26.0 Å². The van der Waals surface area contributed by atoms with Crippen LogP contribution in [0.3, 0.4) is 0 Å². The van der Waals surface area contributed by atoms with Crippen molar-refractivity contribution < 1.29 is 9.84 Å². The first-order valence-corrected chi connectivity index (χ1v) is 19.0. The number of anilines is 1. The number of aromatic nitrogens is 3. The molecule has 36 heavy (non-hydrogen) atoms.